The van der Waals surface area contributed by atoms with Gasteiger partial charge in [0, 0.05) is 19.3 Å². The van der Waals surface area contributed by atoms with Crippen LogP contribution in [0.25, 0.3) is 0 Å². The molecule has 71 heavy (non-hydrogen) atoms. The number of carbonyl (C=O) groups is 3. The zero-order chi connectivity index (χ0) is 51.4. The Morgan fingerprint density at radius 2 is 0.577 bits per heavy atom. The molecule has 0 rings (SSSR count). The van der Waals surface area contributed by atoms with Gasteiger partial charge in [-0.3, -0.25) is 14.4 Å². The lowest BCUT2D eigenvalue weighted by Gasteiger charge is -2.18. The minimum atomic E-state index is -0.811. The monoisotopic (exact) mass is 991 g/mol. The molecule has 0 aliphatic carbocycles. The topological polar surface area (TPSA) is 78.9 Å². The van der Waals surface area contributed by atoms with Crippen LogP contribution in [-0.4, -0.2) is 37.2 Å². The number of hydrogen-bond donors (Lipinski definition) is 0. The largest absolute Gasteiger partial charge is 0.462 e. The van der Waals surface area contributed by atoms with E-state index in [2.05, 4.69) is 87.6 Å². The van der Waals surface area contributed by atoms with Gasteiger partial charge >= 0.3 is 17.9 Å². The van der Waals surface area contributed by atoms with E-state index in [-0.39, 0.29) is 37.5 Å². The summed E-state index contributed by atoms with van der Waals surface area (Å²) < 4.78 is 16.8. The minimum Gasteiger partial charge on any atom is -0.462 e. The van der Waals surface area contributed by atoms with Crippen LogP contribution in [0.3, 0.4) is 0 Å². The van der Waals surface area contributed by atoms with Crippen LogP contribution in [-0.2, 0) is 28.6 Å². The molecule has 0 aromatic heterocycles. The summed E-state index contributed by atoms with van der Waals surface area (Å²) in [5, 5.41) is 0. The van der Waals surface area contributed by atoms with E-state index in [0.29, 0.717) is 19.3 Å². The highest BCUT2D eigenvalue weighted by molar-refractivity contribution is 5.71. The number of esters is 3. The number of hydrogen-bond acceptors (Lipinski definition) is 6. The number of rotatable bonds is 55. The molecule has 0 amide bonds. The van der Waals surface area contributed by atoms with Crippen LogP contribution in [0, 0.1) is 0 Å². The fraction of sp³-hybridized carbons (Fsp3) is 0.769. The van der Waals surface area contributed by atoms with Gasteiger partial charge in [0.05, 0.1) is 0 Å². The van der Waals surface area contributed by atoms with Gasteiger partial charge < -0.3 is 14.2 Å². The Morgan fingerprint density at radius 3 is 0.915 bits per heavy atom. The molecule has 0 aromatic rings. The lowest BCUT2D eigenvalue weighted by Crippen LogP contribution is -2.30. The molecule has 1 unspecified atom stereocenters. The second-order valence-corrected chi connectivity index (χ2v) is 20.2. The maximum Gasteiger partial charge on any atom is 0.306 e. The maximum absolute atomic E-state index is 12.8. The van der Waals surface area contributed by atoms with E-state index in [9.17, 15) is 14.4 Å². The van der Waals surface area contributed by atoms with Crippen molar-refractivity contribution < 1.29 is 28.6 Å². The zero-order valence-electron chi connectivity index (χ0n) is 47.0. The molecule has 0 bridgehead atoms. The Kier molecular flexibility index (Phi) is 56.8. The highest BCUT2D eigenvalue weighted by atomic mass is 16.6. The molecule has 0 aliphatic heterocycles. The van der Waals surface area contributed by atoms with Crippen molar-refractivity contribution in [1.29, 1.82) is 0 Å². The molecule has 410 valence electrons. The summed E-state index contributed by atoms with van der Waals surface area (Å²) in [5.41, 5.74) is 0. The summed E-state index contributed by atoms with van der Waals surface area (Å²) >= 11 is 0. The van der Waals surface area contributed by atoms with Crippen LogP contribution in [0.4, 0.5) is 0 Å². The van der Waals surface area contributed by atoms with Crippen LogP contribution in [0.2, 0.25) is 0 Å². The highest BCUT2D eigenvalue weighted by Crippen LogP contribution is 2.16. The first-order valence-corrected chi connectivity index (χ1v) is 30.4. The Morgan fingerprint density at radius 1 is 0.296 bits per heavy atom. The Labute approximate surface area is 440 Å². The summed E-state index contributed by atoms with van der Waals surface area (Å²) in [4.78, 5) is 38.1. The third kappa shape index (κ3) is 57.6. The van der Waals surface area contributed by atoms with Gasteiger partial charge in [0.25, 0.3) is 0 Å². The van der Waals surface area contributed by atoms with Crippen LogP contribution in [0.15, 0.2) is 72.9 Å². The second-order valence-electron chi connectivity index (χ2n) is 20.2. The molecule has 0 saturated heterocycles. The fourth-order valence-electron chi connectivity index (χ4n) is 8.67. The third-order valence-corrected chi connectivity index (χ3v) is 13.2. The lowest BCUT2D eigenvalue weighted by atomic mass is 10.0. The molecule has 0 heterocycles. The Balaban J connectivity index is 4.24. The van der Waals surface area contributed by atoms with E-state index < -0.39 is 6.10 Å². The summed E-state index contributed by atoms with van der Waals surface area (Å²) in [6, 6.07) is 0. The van der Waals surface area contributed by atoms with Gasteiger partial charge in [0.2, 0.25) is 0 Å². The molecule has 0 aromatic carbocycles. The highest BCUT2D eigenvalue weighted by Gasteiger charge is 2.19. The maximum atomic E-state index is 12.8. The molecule has 0 N–H and O–H groups in total. The number of carbonyl (C=O) groups excluding carboxylic acids is 3. The van der Waals surface area contributed by atoms with Crippen molar-refractivity contribution in [3.8, 4) is 0 Å². The average Bonchev–Trinajstić information content (AvgIpc) is 3.37. The average molecular weight is 992 g/mol. The molecular weight excluding hydrogens is 877 g/mol. The number of unbranched alkanes of at least 4 members (excludes halogenated alkanes) is 32. The zero-order valence-corrected chi connectivity index (χ0v) is 47.0. The van der Waals surface area contributed by atoms with Crippen molar-refractivity contribution in [3.63, 3.8) is 0 Å². The second kappa shape index (κ2) is 59.4. The molecular formula is C65H114O6. The molecule has 0 aliphatic rings. The first-order valence-electron chi connectivity index (χ1n) is 30.4. The Hall–Kier alpha value is -3.15. The van der Waals surface area contributed by atoms with E-state index in [1.54, 1.807) is 0 Å². The molecule has 6 heteroatoms. The molecule has 6 nitrogen and oxygen atoms in total. The van der Waals surface area contributed by atoms with Gasteiger partial charge in [0.15, 0.2) is 6.10 Å². The molecule has 0 saturated carbocycles. The molecule has 1 atom stereocenters. The normalized spacial score (nSPS) is 12.5. The van der Waals surface area contributed by atoms with E-state index in [1.807, 2.05) is 6.08 Å². The van der Waals surface area contributed by atoms with Gasteiger partial charge in [-0.25, -0.2) is 0 Å². The van der Waals surface area contributed by atoms with Gasteiger partial charge in [-0.15, -0.1) is 0 Å². The van der Waals surface area contributed by atoms with Gasteiger partial charge in [-0.2, -0.15) is 0 Å². The minimum absolute atomic E-state index is 0.101. The number of ether oxygens (including phenoxy) is 3. The summed E-state index contributed by atoms with van der Waals surface area (Å²) in [6.45, 7) is 6.48. The predicted octanol–water partition coefficient (Wildman–Crippen LogP) is 20.5. The fourth-order valence-corrected chi connectivity index (χ4v) is 8.67. The van der Waals surface area contributed by atoms with Gasteiger partial charge in [-0.05, 0) is 77.0 Å². The molecule has 0 radical (unpaired) electrons. The molecule has 0 fully saturated rings. The van der Waals surface area contributed by atoms with E-state index in [1.165, 1.54) is 186 Å². The van der Waals surface area contributed by atoms with Gasteiger partial charge in [0.1, 0.15) is 13.2 Å². The van der Waals surface area contributed by atoms with E-state index >= 15 is 0 Å². The quantitative estimate of drug-likeness (QED) is 0.0261. The standard InChI is InChI=1S/C65H114O6/c1-4-7-10-13-16-19-22-25-26-27-28-29-30-31-32-33-34-35-36-37-38-41-43-46-49-52-55-58-64(67)70-61-62(71-65(68)59-56-53-50-47-44-40-24-21-18-15-12-9-6-3)60-69-63(66)57-54-51-48-45-42-39-23-20-17-14-11-8-5-2/h9,12,18,21-22,25,27-28,40,44,50,53,62H,4-8,10-11,13-17,19-20,23-24,26,29-39,41-43,45-49,51-52,54-61H2,1-3H3/b12-9-,21-18-,25-22-,28-27-,44-40-,53-50-. The van der Waals surface area contributed by atoms with Crippen molar-refractivity contribution in [2.75, 3.05) is 13.2 Å². The van der Waals surface area contributed by atoms with Gasteiger partial charge in [-0.1, -0.05) is 280 Å². The first-order chi connectivity index (χ1) is 35.0. The van der Waals surface area contributed by atoms with Crippen molar-refractivity contribution in [2.24, 2.45) is 0 Å². The van der Waals surface area contributed by atoms with Crippen molar-refractivity contribution >= 4 is 17.9 Å². The molecule has 0 spiro atoms. The van der Waals surface area contributed by atoms with Crippen molar-refractivity contribution in [3.05, 3.63) is 72.9 Å². The van der Waals surface area contributed by atoms with Crippen LogP contribution >= 0.6 is 0 Å². The van der Waals surface area contributed by atoms with Crippen LogP contribution in [0.5, 0.6) is 0 Å². The summed E-state index contributed by atoms with van der Waals surface area (Å²) in [6.07, 6.45) is 76.4. The smallest absolute Gasteiger partial charge is 0.306 e. The number of allylic oxidation sites excluding steroid dienone is 12. The van der Waals surface area contributed by atoms with E-state index in [0.717, 1.165) is 70.6 Å². The first kappa shape index (κ1) is 67.8. The SMILES string of the molecule is CC/C=C\C/C=C\C/C=C\C/C=C\CCC(=O)OC(COC(=O)CCCCCCCCCCCCCCC)COC(=O)CCCCCCCCCCCCCCCCC/C=C\C/C=C\CCCCCCC. The summed E-state index contributed by atoms with van der Waals surface area (Å²) in [5.74, 6) is -0.972. The Bertz CT molecular complexity index is 1320. The third-order valence-electron chi connectivity index (χ3n) is 13.2. The predicted molar refractivity (Wildman–Crippen MR) is 307 cm³/mol. The van der Waals surface area contributed by atoms with Crippen molar-refractivity contribution in [2.45, 2.75) is 309 Å². The van der Waals surface area contributed by atoms with E-state index in [4.69, 9.17) is 14.2 Å². The van der Waals surface area contributed by atoms with Crippen LogP contribution in [0.1, 0.15) is 303 Å². The summed E-state index contributed by atoms with van der Waals surface area (Å²) in [7, 11) is 0. The van der Waals surface area contributed by atoms with Crippen molar-refractivity contribution in [1.82, 2.24) is 0 Å². The van der Waals surface area contributed by atoms with Crippen LogP contribution < -0.4 is 0 Å². The lowest BCUT2D eigenvalue weighted by molar-refractivity contribution is -0.166.